The van der Waals surface area contributed by atoms with Crippen molar-refractivity contribution in [2.45, 2.75) is 38.3 Å². The van der Waals surface area contributed by atoms with Gasteiger partial charge in [0.2, 0.25) is 0 Å². The summed E-state index contributed by atoms with van der Waals surface area (Å²) in [7, 11) is 1.66. The van der Waals surface area contributed by atoms with Crippen LogP contribution in [0.15, 0.2) is 18.2 Å². The van der Waals surface area contributed by atoms with Crippen molar-refractivity contribution in [3.63, 3.8) is 0 Å². The molecule has 3 nitrogen and oxygen atoms in total. The highest BCUT2D eigenvalue weighted by molar-refractivity contribution is 6.31. The summed E-state index contributed by atoms with van der Waals surface area (Å²) in [6.45, 7) is 0.946. The summed E-state index contributed by atoms with van der Waals surface area (Å²) < 4.78 is 5.35. The Bertz CT molecular complexity index is 411. The van der Waals surface area contributed by atoms with Gasteiger partial charge in [-0.05, 0) is 30.9 Å². The van der Waals surface area contributed by atoms with Crippen LogP contribution in [-0.2, 0) is 6.54 Å². The molecule has 4 heteroatoms. The minimum absolute atomic E-state index is 0.261. The van der Waals surface area contributed by atoms with E-state index in [1.54, 1.807) is 7.11 Å². The van der Waals surface area contributed by atoms with Crippen molar-refractivity contribution in [3.05, 3.63) is 28.8 Å². The maximum Gasteiger partial charge on any atom is 0.124 e. The van der Waals surface area contributed by atoms with Crippen LogP contribution in [0.1, 0.15) is 31.2 Å². The van der Waals surface area contributed by atoms with Crippen LogP contribution >= 0.6 is 11.6 Å². The molecule has 0 bridgehead atoms. The number of halogens is 1. The second-order valence-corrected chi connectivity index (χ2v) is 5.54. The lowest BCUT2D eigenvalue weighted by atomic mass is 9.85. The van der Waals surface area contributed by atoms with Crippen molar-refractivity contribution in [2.75, 3.05) is 13.7 Å². The molecule has 2 rings (SSSR count). The summed E-state index contributed by atoms with van der Waals surface area (Å²) in [5.74, 6) is 1.18. The monoisotopic (exact) mass is 283 g/mol. The van der Waals surface area contributed by atoms with Crippen LogP contribution < -0.4 is 10.1 Å². The molecule has 0 aliphatic heterocycles. The number of methoxy groups -OCH3 is 1. The van der Waals surface area contributed by atoms with Gasteiger partial charge >= 0.3 is 0 Å². The maximum atomic E-state index is 9.42. The lowest BCUT2D eigenvalue weighted by Crippen LogP contribution is -2.39. The molecule has 0 radical (unpaired) electrons. The lowest BCUT2D eigenvalue weighted by molar-refractivity contribution is 0.152. The molecular formula is C15H22ClNO2. The topological polar surface area (TPSA) is 41.5 Å². The zero-order chi connectivity index (χ0) is 13.7. The van der Waals surface area contributed by atoms with Gasteiger partial charge in [-0.3, -0.25) is 0 Å². The van der Waals surface area contributed by atoms with E-state index in [1.807, 2.05) is 18.2 Å². The molecule has 1 aromatic rings. The Morgan fingerprint density at radius 1 is 1.37 bits per heavy atom. The lowest BCUT2D eigenvalue weighted by Gasteiger charge is -2.31. The van der Waals surface area contributed by atoms with E-state index in [0.717, 1.165) is 29.2 Å². The second kappa shape index (κ2) is 7.13. The molecule has 0 aromatic heterocycles. The first-order chi connectivity index (χ1) is 9.26. The van der Waals surface area contributed by atoms with E-state index in [4.69, 9.17) is 16.3 Å². The van der Waals surface area contributed by atoms with E-state index in [-0.39, 0.29) is 6.61 Å². The molecule has 106 valence electrons. The van der Waals surface area contributed by atoms with Crippen LogP contribution in [0, 0.1) is 5.92 Å². The van der Waals surface area contributed by atoms with Gasteiger partial charge in [0.25, 0.3) is 0 Å². The van der Waals surface area contributed by atoms with Gasteiger partial charge in [0.1, 0.15) is 5.75 Å². The first kappa shape index (κ1) is 14.6. The van der Waals surface area contributed by atoms with E-state index in [9.17, 15) is 5.11 Å². The summed E-state index contributed by atoms with van der Waals surface area (Å²) >= 11 is 6.23. The predicted molar refractivity (Wildman–Crippen MR) is 77.7 cm³/mol. The van der Waals surface area contributed by atoms with Gasteiger partial charge in [0, 0.05) is 29.8 Å². The Morgan fingerprint density at radius 2 is 2.16 bits per heavy atom. The molecule has 0 amide bonds. The molecule has 1 saturated carbocycles. The fourth-order valence-electron chi connectivity index (χ4n) is 2.83. The molecule has 2 unspecified atom stereocenters. The van der Waals surface area contributed by atoms with E-state index < -0.39 is 0 Å². The van der Waals surface area contributed by atoms with Gasteiger partial charge in [-0.25, -0.2) is 0 Å². The van der Waals surface area contributed by atoms with Crippen molar-refractivity contribution >= 4 is 11.6 Å². The molecule has 19 heavy (non-hydrogen) atoms. The molecule has 1 fully saturated rings. The van der Waals surface area contributed by atoms with Gasteiger partial charge in [-0.1, -0.05) is 30.5 Å². The standard InChI is InChI=1S/C15H22ClNO2/c1-19-15-8-4-6-13(16)12(15)9-17-14-7-3-2-5-11(14)10-18/h4,6,8,11,14,17-18H,2-3,5,7,9-10H2,1H3. The highest BCUT2D eigenvalue weighted by atomic mass is 35.5. The average Bonchev–Trinajstić information content (AvgIpc) is 2.46. The first-order valence-corrected chi connectivity index (χ1v) is 7.29. The van der Waals surface area contributed by atoms with Crippen LogP contribution in [0.5, 0.6) is 5.75 Å². The molecule has 0 saturated heterocycles. The minimum atomic E-state index is 0.261. The minimum Gasteiger partial charge on any atom is -0.496 e. The van der Waals surface area contributed by atoms with Gasteiger partial charge in [0.05, 0.1) is 7.11 Å². The SMILES string of the molecule is COc1cccc(Cl)c1CNC1CCCCC1CO. The molecule has 2 atom stereocenters. The highest BCUT2D eigenvalue weighted by Crippen LogP contribution is 2.28. The molecule has 2 N–H and O–H groups in total. The fourth-order valence-corrected chi connectivity index (χ4v) is 3.06. The third kappa shape index (κ3) is 3.62. The van der Waals surface area contributed by atoms with Gasteiger partial charge in [0.15, 0.2) is 0 Å². The van der Waals surface area contributed by atoms with Crippen molar-refractivity contribution in [3.8, 4) is 5.75 Å². The Hall–Kier alpha value is -0.770. The molecule has 0 spiro atoms. The third-order valence-electron chi connectivity index (χ3n) is 3.98. The number of hydrogen-bond donors (Lipinski definition) is 2. The van der Waals surface area contributed by atoms with E-state index in [1.165, 1.54) is 12.8 Å². The van der Waals surface area contributed by atoms with E-state index in [0.29, 0.717) is 18.5 Å². The summed E-state index contributed by atoms with van der Waals surface area (Å²) in [6, 6.07) is 6.07. The summed E-state index contributed by atoms with van der Waals surface area (Å²) in [6.07, 6.45) is 4.68. The van der Waals surface area contributed by atoms with Crippen LogP contribution in [-0.4, -0.2) is 24.9 Å². The summed E-state index contributed by atoms with van der Waals surface area (Å²) in [5.41, 5.74) is 0.994. The number of benzene rings is 1. The number of aliphatic hydroxyl groups is 1. The quantitative estimate of drug-likeness (QED) is 0.873. The van der Waals surface area contributed by atoms with E-state index >= 15 is 0 Å². The van der Waals surface area contributed by atoms with Crippen molar-refractivity contribution in [1.82, 2.24) is 5.32 Å². The van der Waals surface area contributed by atoms with E-state index in [2.05, 4.69) is 5.32 Å². The fraction of sp³-hybridized carbons (Fsp3) is 0.600. The molecular weight excluding hydrogens is 262 g/mol. The maximum absolute atomic E-state index is 9.42. The Balaban J connectivity index is 2.01. The number of ether oxygens (including phenoxy) is 1. The summed E-state index contributed by atoms with van der Waals surface area (Å²) in [5, 5.41) is 13.7. The third-order valence-corrected chi connectivity index (χ3v) is 4.33. The van der Waals surface area contributed by atoms with Gasteiger partial charge in [-0.2, -0.15) is 0 Å². The number of rotatable bonds is 5. The summed E-state index contributed by atoms with van der Waals surface area (Å²) in [4.78, 5) is 0. The number of aliphatic hydroxyl groups excluding tert-OH is 1. The van der Waals surface area contributed by atoms with Gasteiger partial charge < -0.3 is 15.2 Å². The smallest absolute Gasteiger partial charge is 0.124 e. The molecule has 1 aromatic carbocycles. The number of hydrogen-bond acceptors (Lipinski definition) is 3. The first-order valence-electron chi connectivity index (χ1n) is 6.92. The van der Waals surface area contributed by atoms with Crippen LogP contribution in [0.2, 0.25) is 5.02 Å². The second-order valence-electron chi connectivity index (χ2n) is 5.14. The highest BCUT2D eigenvalue weighted by Gasteiger charge is 2.24. The Labute approximate surface area is 119 Å². The van der Waals surface area contributed by atoms with Crippen LogP contribution in [0.25, 0.3) is 0 Å². The molecule has 1 aliphatic carbocycles. The van der Waals surface area contributed by atoms with Crippen molar-refractivity contribution in [1.29, 1.82) is 0 Å². The Morgan fingerprint density at radius 3 is 2.89 bits per heavy atom. The Kier molecular flexibility index (Phi) is 5.49. The van der Waals surface area contributed by atoms with Crippen LogP contribution in [0.3, 0.4) is 0 Å². The predicted octanol–water partition coefficient (Wildman–Crippen LogP) is 2.99. The van der Waals surface area contributed by atoms with Crippen molar-refractivity contribution < 1.29 is 9.84 Å². The van der Waals surface area contributed by atoms with Crippen molar-refractivity contribution in [2.24, 2.45) is 5.92 Å². The average molecular weight is 284 g/mol. The normalized spacial score (nSPS) is 23.3. The molecule has 1 aliphatic rings. The molecule has 0 heterocycles. The number of nitrogens with one attached hydrogen (secondary N) is 1. The van der Waals surface area contributed by atoms with Gasteiger partial charge in [-0.15, -0.1) is 0 Å². The zero-order valence-electron chi connectivity index (χ0n) is 11.4. The van der Waals surface area contributed by atoms with Crippen LogP contribution in [0.4, 0.5) is 0 Å². The largest absolute Gasteiger partial charge is 0.496 e. The zero-order valence-corrected chi connectivity index (χ0v) is 12.1.